The second-order valence-corrected chi connectivity index (χ2v) is 7.89. The molecule has 1 heterocycles. The van der Waals surface area contributed by atoms with Gasteiger partial charge in [0.05, 0.1) is 16.1 Å². The molecule has 1 N–H and O–H groups in total. The van der Waals surface area contributed by atoms with Crippen LogP contribution in [0.4, 0.5) is 5.69 Å². The van der Waals surface area contributed by atoms with Crippen LogP contribution in [-0.2, 0) is 16.4 Å². The van der Waals surface area contributed by atoms with Crippen LogP contribution in [0.25, 0.3) is 0 Å². The Morgan fingerprint density at radius 1 is 1.21 bits per heavy atom. The minimum atomic E-state index is -3.84. The Morgan fingerprint density at radius 2 is 1.92 bits per heavy atom. The average Bonchev–Trinajstić information content (AvgIpc) is 2.54. The Hall–Kier alpha value is -2.34. The van der Waals surface area contributed by atoms with Gasteiger partial charge in [0.25, 0.3) is 10.0 Å². The zero-order valence-electron chi connectivity index (χ0n) is 13.6. The molecular formula is C18H19NO4S. The third kappa shape index (κ3) is 2.67. The molecule has 0 saturated heterocycles. The molecule has 0 saturated carbocycles. The molecule has 5 nitrogen and oxygen atoms in total. The summed E-state index contributed by atoms with van der Waals surface area (Å²) in [5, 5.41) is 9.18. The molecule has 1 aliphatic heterocycles. The Labute approximate surface area is 141 Å². The minimum absolute atomic E-state index is 0.0304. The second-order valence-electron chi connectivity index (χ2n) is 6.10. The first-order valence-corrected chi connectivity index (χ1v) is 9.22. The first-order valence-electron chi connectivity index (χ1n) is 7.78. The molecule has 126 valence electrons. The maximum atomic E-state index is 13.3. The van der Waals surface area contributed by atoms with Crippen molar-refractivity contribution in [2.24, 2.45) is 0 Å². The first-order chi connectivity index (χ1) is 11.3. The maximum Gasteiger partial charge on any atom is 0.335 e. The van der Waals surface area contributed by atoms with Crippen LogP contribution in [0.15, 0.2) is 47.4 Å². The van der Waals surface area contributed by atoms with E-state index < -0.39 is 16.0 Å². The van der Waals surface area contributed by atoms with E-state index in [4.69, 9.17) is 0 Å². The summed E-state index contributed by atoms with van der Waals surface area (Å²) in [5.74, 6) is -1.14. The van der Waals surface area contributed by atoms with Gasteiger partial charge in [0, 0.05) is 6.04 Å². The van der Waals surface area contributed by atoms with Crippen LogP contribution < -0.4 is 4.31 Å². The number of rotatable bonds is 3. The van der Waals surface area contributed by atoms with Crippen molar-refractivity contribution >= 4 is 21.7 Å². The van der Waals surface area contributed by atoms with Crippen molar-refractivity contribution in [2.75, 3.05) is 4.31 Å². The van der Waals surface area contributed by atoms with Crippen LogP contribution in [0.1, 0.15) is 34.8 Å². The third-order valence-electron chi connectivity index (χ3n) is 4.43. The molecule has 0 fully saturated rings. The molecule has 6 heteroatoms. The fourth-order valence-corrected chi connectivity index (χ4v) is 5.12. The van der Waals surface area contributed by atoms with E-state index in [-0.39, 0.29) is 16.5 Å². The number of aryl methyl sites for hydroxylation is 2. The van der Waals surface area contributed by atoms with E-state index in [0.717, 1.165) is 18.4 Å². The molecule has 0 radical (unpaired) electrons. The number of aromatic carboxylic acids is 1. The van der Waals surface area contributed by atoms with E-state index in [2.05, 4.69) is 0 Å². The molecular weight excluding hydrogens is 326 g/mol. The van der Waals surface area contributed by atoms with E-state index in [1.165, 1.54) is 22.5 Å². The number of carboxylic acids is 1. The number of carbonyl (C=O) groups is 1. The SMILES string of the molecule is Cc1ccc(C(=O)O)cc1S(=O)(=O)N1c2ccccc2CC[C@H]1C. The Bertz CT molecular complexity index is 905. The number of fused-ring (bicyclic) bond motifs is 1. The van der Waals surface area contributed by atoms with Crippen LogP contribution in [-0.4, -0.2) is 25.5 Å². The van der Waals surface area contributed by atoms with Crippen molar-refractivity contribution in [3.63, 3.8) is 0 Å². The fourth-order valence-electron chi connectivity index (χ4n) is 3.14. The van der Waals surface area contributed by atoms with E-state index in [0.29, 0.717) is 11.3 Å². The standard InChI is InChI=1S/C18H19NO4S/c1-12-7-9-15(18(20)21)11-17(12)24(22,23)19-13(2)8-10-14-5-3-4-6-16(14)19/h3-7,9,11,13H,8,10H2,1-2H3,(H,20,21)/t13-/m1/s1. The van der Waals surface area contributed by atoms with E-state index in [9.17, 15) is 18.3 Å². The molecule has 1 atom stereocenters. The van der Waals surface area contributed by atoms with E-state index >= 15 is 0 Å². The maximum absolute atomic E-state index is 13.3. The number of sulfonamides is 1. The molecule has 0 amide bonds. The smallest absolute Gasteiger partial charge is 0.335 e. The summed E-state index contributed by atoms with van der Waals surface area (Å²) < 4.78 is 28.0. The number of benzene rings is 2. The Balaban J connectivity index is 2.18. The normalized spacial score (nSPS) is 17.4. The number of hydrogen-bond acceptors (Lipinski definition) is 3. The first kappa shape index (κ1) is 16.5. The minimum Gasteiger partial charge on any atom is -0.478 e. The number of carboxylic acid groups (broad SMARTS) is 1. The van der Waals surface area contributed by atoms with Crippen molar-refractivity contribution in [2.45, 2.75) is 37.6 Å². The summed E-state index contributed by atoms with van der Waals surface area (Å²) in [6, 6.07) is 11.5. The average molecular weight is 345 g/mol. The highest BCUT2D eigenvalue weighted by atomic mass is 32.2. The van der Waals surface area contributed by atoms with Gasteiger partial charge in [0.1, 0.15) is 0 Å². The van der Waals surface area contributed by atoms with Gasteiger partial charge in [-0.15, -0.1) is 0 Å². The van der Waals surface area contributed by atoms with Gasteiger partial charge < -0.3 is 5.11 Å². The topological polar surface area (TPSA) is 74.7 Å². The zero-order chi connectivity index (χ0) is 17.5. The second kappa shape index (κ2) is 5.94. The van der Waals surface area contributed by atoms with E-state index in [1.807, 2.05) is 25.1 Å². The summed E-state index contributed by atoms with van der Waals surface area (Å²) in [4.78, 5) is 11.3. The predicted molar refractivity (Wildman–Crippen MR) is 92.0 cm³/mol. The molecule has 0 spiro atoms. The monoisotopic (exact) mass is 345 g/mol. The van der Waals surface area contributed by atoms with Crippen LogP contribution in [0, 0.1) is 6.92 Å². The third-order valence-corrected chi connectivity index (χ3v) is 6.50. The quantitative estimate of drug-likeness (QED) is 0.927. The van der Waals surface area contributed by atoms with Crippen molar-refractivity contribution in [3.05, 3.63) is 59.2 Å². The molecule has 2 aromatic rings. The number of hydrogen-bond donors (Lipinski definition) is 1. The zero-order valence-corrected chi connectivity index (χ0v) is 14.4. The van der Waals surface area contributed by atoms with Gasteiger partial charge in [-0.25, -0.2) is 13.2 Å². The lowest BCUT2D eigenvalue weighted by Crippen LogP contribution is -2.42. The largest absolute Gasteiger partial charge is 0.478 e. The van der Waals surface area contributed by atoms with Gasteiger partial charge >= 0.3 is 5.97 Å². The van der Waals surface area contributed by atoms with Gasteiger partial charge in [-0.3, -0.25) is 4.31 Å². The van der Waals surface area contributed by atoms with Gasteiger partial charge in [0.2, 0.25) is 0 Å². The van der Waals surface area contributed by atoms with E-state index in [1.54, 1.807) is 13.0 Å². The summed E-state index contributed by atoms with van der Waals surface area (Å²) in [5.41, 5.74) is 2.18. The van der Waals surface area contributed by atoms with Crippen LogP contribution >= 0.6 is 0 Å². The molecule has 1 aliphatic rings. The summed E-state index contributed by atoms with van der Waals surface area (Å²) in [6.45, 7) is 3.56. The van der Waals surface area contributed by atoms with Gasteiger partial charge in [-0.1, -0.05) is 24.3 Å². The lowest BCUT2D eigenvalue weighted by molar-refractivity contribution is 0.0696. The highest BCUT2D eigenvalue weighted by molar-refractivity contribution is 7.93. The summed E-state index contributed by atoms with van der Waals surface area (Å²) in [6.07, 6.45) is 1.56. The fraction of sp³-hybridized carbons (Fsp3) is 0.278. The van der Waals surface area contributed by atoms with Crippen molar-refractivity contribution in [1.82, 2.24) is 0 Å². The lowest BCUT2D eigenvalue weighted by atomic mass is 9.99. The van der Waals surface area contributed by atoms with Crippen LogP contribution in [0.5, 0.6) is 0 Å². The predicted octanol–water partition coefficient (Wildman–Crippen LogP) is 3.22. The summed E-state index contributed by atoms with van der Waals surface area (Å²) >= 11 is 0. The van der Waals surface area contributed by atoms with Gasteiger partial charge in [-0.05, 0) is 56.0 Å². The molecule has 0 bridgehead atoms. The van der Waals surface area contributed by atoms with Crippen molar-refractivity contribution < 1.29 is 18.3 Å². The van der Waals surface area contributed by atoms with Crippen molar-refractivity contribution in [3.8, 4) is 0 Å². The lowest BCUT2D eigenvalue weighted by Gasteiger charge is -2.36. The van der Waals surface area contributed by atoms with Crippen LogP contribution in [0.3, 0.4) is 0 Å². The van der Waals surface area contributed by atoms with Gasteiger partial charge in [-0.2, -0.15) is 0 Å². The molecule has 0 aromatic heterocycles. The Morgan fingerprint density at radius 3 is 2.62 bits per heavy atom. The highest BCUT2D eigenvalue weighted by Crippen LogP contribution is 2.36. The number of anilines is 1. The van der Waals surface area contributed by atoms with Gasteiger partial charge in [0.15, 0.2) is 0 Å². The molecule has 3 rings (SSSR count). The Kier molecular flexibility index (Phi) is 4.09. The number of para-hydroxylation sites is 1. The van der Waals surface area contributed by atoms with Crippen LogP contribution in [0.2, 0.25) is 0 Å². The molecule has 0 aliphatic carbocycles. The molecule has 2 aromatic carbocycles. The number of nitrogens with zero attached hydrogens (tertiary/aromatic N) is 1. The van der Waals surface area contributed by atoms with Crippen molar-refractivity contribution in [1.29, 1.82) is 0 Å². The molecule has 24 heavy (non-hydrogen) atoms. The highest BCUT2D eigenvalue weighted by Gasteiger charge is 2.34. The molecule has 0 unspecified atom stereocenters. The summed E-state index contributed by atoms with van der Waals surface area (Å²) in [7, 11) is -3.84.